The second kappa shape index (κ2) is 12.2. The van der Waals surface area contributed by atoms with Crippen molar-refractivity contribution >= 4 is 11.8 Å². The molecule has 2 N–H and O–H groups in total. The van der Waals surface area contributed by atoms with Crippen molar-refractivity contribution in [1.82, 2.24) is 9.88 Å². The van der Waals surface area contributed by atoms with Crippen molar-refractivity contribution in [2.24, 2.45) is 0 Å². The molecule has 0 amide bonds. The zero-order valence-corrected chi connectivity index (χ0v) is 22.0. The zero-order chi connectivity index (χ0) is 27.4. The van der Waals surface area contributed by atoms with Gasteiger partial charge in [0, 0.05) is 38.4 Å². The number of carbonyl (C=O) groups is 1. The molecule has 1 aromatic heterocycles. The number of ether oxygens (including phenoxy) is 2. The van der Waals surface area contributed by atoms with Gasteiger partial charge in [0.25, 0.3) is 5.92 Å². The van der Waals surface area contributed by atoms with Crippen LogP contribution in [0.3, 0.4) is 0 Å². The third kappa shape index (κ3) is 6.91. The van der Waals surface area contributed by atoms with E-state index < -0.39 is 36.5 Å². The number of anilines is 1. The second-order valence-electron chi connectivity index (χ2n) is 10.8. The van der Waals surface area contributed by atoms with Crippen molar-refractivity contribution < 1.29 is 32.5 Å². The van der Waals surface area contributed by atoms with Crippen molar-refractivity contribution in [1.29, 1.82) is 0 Å². The summed E-state index contributed by atoms with van der Waals surface area (Å²) in [6.07, 6.45) is 4.40. The van der Waals surface area contributed by atoms with E-state index >= 15 is 0 Å². The number of aliphatic carboxylic acids is 1. The smallest absolute Gasteiger partial charge is 0.325 e. The first kappa shape index (κ1) is 27.9. The lowest BCUT2D eigenvalue weighted by molar-refractivity contribution is -0.147. The number of likely N-dealkylation sites (tertiary alicyclic amines) is 1. The van der Waals surface area contributed by atoms with Crippen LogP contribution < -0.4 is 5.32 Å². The SMILES string of the molecule is O=C(O)C(c1cc(F)ccc1C1CCC(F)(F)CO1)N1CCC(OCCCCc2ccc3c(n2)NCCC3)C1. The van der Waals surface area contributed by atoms with E-state index in [4.69, 9.17) is 14.5 Å². The Bertz CT molecular complexity index is 1150. The maximum Gasteiger partial charge on any atom is 0.325 e. The van der Waals surface area contributed by atoms with Crippen molar-refractivity contribution in [3.8, 4) is 0 Å². The number of carboxylic acid groups (broad SMARTS) is 1. The van der Waals surface area contributed by atoms with Gasteiger partial charge in [-0.05, 0) is 79.8 Å². The quantitative estimate of drug-likeness (QED) is 0.391. The standard InChI is InChI=1S/C29H36F3N3O4/c30-20-7-9-23(25-10-12-29(31,32)18-39-25)24(16-20)26(28(36)37)35-14-11-22(17-35)38-15-2-1-5-21-8-6-19-4-3-13-33-27(19)34-21/h6-9,16,22,25-26H,1-5,10-15,17-18H2,(H,33,34)(H,36,37). The molecule has 0 spiro atoms. The van der Waals surface area contributed by atoms with Crippen LogP contribution in [0.5, 0.6) is 0 Å². The molecule has 3 aliphatic rings. The second-order valence-corrected chi connectivity index (χ2v) is 10.8. The lowest BCUT2D eigenvalue weighted by atomic mass is 9.91. The summed E-state index contributed by atoms with van der Waals surface area (Å²) in [4.78, 5) is 18.9. The summed E-state index contributed by atoms with van der Waals surface area (Å²) >= 11 is 0. The Morgan fingerprint density at radius 3 is 2.92 bits per heavy atom. The summed E-state index contributed by atoms with van der Waals surface area (Å²) in [6, 6.07) is 7.03. The van der Waals surface area contributed by atoms with Crippen molar-refractivity contribution in [3.63, 3.8) is 0 Å². The predicted molar refractivity (Wildman–Crippen MR) is 140 cm³/mol. The number of unbranched alkanes of at least 4 members (excludes halogenated alkanes) is 1. The summed E-state index contributed by atoms with van der Waals surface area (Å²) in [5.74, 6) is -3.59. The maximum absolute atomic E-state index is 14.3. The molecule has 10 heteroatoms. The lowest BCUT2D eigenvalue weighted by Crippen LogP contribution is -2.36. The molecule has 3 unspecified atom stereocenters. The van der Waals surface area contributed by atoms with Crippen LogP contribution in [0, 0.1) is 5.82 Å². The van der Waals surface area contributed by atoms with Crippen LogP contribution in [-0.2, 0) is 27.1 Å². The number of nitrogens with zero attached hydrogens (tertiary/aromatic N) is 2. The number of halogens is 3. The number of aryl methyl sites for hydroxylation is 2. The summed E-state index contributed by atoms with van der Waals surface area (Å²) in [7, 11) is 0. The number of nitrogens with one attached hydrogen (secondary N) is 1. The van der Waals surface area contributed by atoms with Crippen LogP contribution >= 0.6 is 0 Å². The van der Waals surface area contributed by atoms with Crippen molar-refractivity contribution in [2.75, 3.05) is 38.2 Å². The number of alkyl halides is 2. The topological polar surface area (TPSA) is 83.9 Å². The molecule has 0 bridgehead atoms. The Labute approximate surface area is 226 Å². The monoisotopic (exact) mass is 547 g/mol. The number of hydrogen-bond acceptors (Lipinski definition) is 6. The number of rotatable bonds is 10. The van der Waals surface area contributed by atoms with Crippen LogP contribution in [0.25, 0.3) is 0 Å². The van der Waals surface area contributed by atoms with E-state index in [2.05, 4.69) is 17.4 Å². The van der Waals surface area contributed by atoms with Gasteiger partial charge >= 0.3 is 5.97 Å². The molecule has 4 heterocycles. The summed E-state index contributed by atoms with van der Waals surface area (Å²) in [6.45, 7) is 1.67. The summed E-state index contributed by atoms with van der Waals surface area (Å²) in [5, 5.41) is 13.5. The molecule has 3 aliphatic heterocycles. The highest BCUT2D eigenvalue weighted by Gasteiger charge is 2.40. The first-order chi connectivity index (χ1) is 18.8. The summed E-state index contributed by atoms with van der Waals surface area (Å²) in [5.41, 5.74) is 3.05. The zero-order valence-electron chi connectivity index (χ0n) is 22.0. The van der Waals surface area contributed by atoms with Crippen molar-refractivity contribution in [3.05, 3.63) is 58.5 Å². The summed E-state index contributed by atoms with van der Waals surface area (Å²) < 4.78 is 53.0. The Balaban J connectivity index is 1.14. The number of carboxylic acids is 1. The first-order valence-electron chi connectivity index (χ1n) is 13.9. The minimum atomic E-state index is -2.91. The third-order valence-electron chi connectivity index (χ3n) is 7.87. The van der Waals surface area contributed by atoms with Crippen LogP contribution in [0.2, 0.25) is 0 Å². The fraction of sp³-hybridized carbons (Fsp3) is 0.586. The first-order valence-corrected chi connectivity index (χ1v) is 13.9. The molecule has 0 aliphatic carbocycles. The largest absolute Gasteiger partial charge is 0.480 e. The molecule has 2 fully saturated rings. The van der Waals surface area contributed by atoms with Crippen LogP contribution in [0.15, 0.2) is 30.3 Å². The Kier molecular flexibility index (Phi) is 8.73. The number of hydrogen-bond donors (Lipinski definition) is 2. The van der Waals surface area contributed by atoms with E-state index in [0.29, 0.717) is 31.7 Å². The van der Waals surface area contributed by atoms with E-state index in [-0.39, 0.29) is 24.5 Å². The predicted octanol–water partition coefficient (Wildman–Crippen LogP) is 5.31. The molecule has 3 atom stereocenters. The van der Waals surface area contributed by atoms with E-state index in [0.717, 1.165) is 50.2 Å². The lowest BCUT2D eigenvalue weighted by Gasteiger charge is -2.32. The number of benzene rings is 1. The van der Waals surface area contributed by atoms with Crippen molar-refractivity contribution in [2.45, 2.75) is 75.5 Å². The van der Waals surface area contributed by atoms with Gasteiger partial charge in [-0.15, -0.1) is 0 Å². The Hall–Kier alpha value is -2.69. The molecular weight excluding hydrogens is 511 g/mol. The number of pyridine rings is 1. The molecule has 2 saturated heterocycles. The minimum absolute atomic E-state index is 0.0429. The van der Waals surface area contributed by atoms with Gasteiger partial charge in [-0.25, -0.2) is 18.2 Å². The minimum Gasteiger partial charge on any atom is -0.480 e. The van der Waals surface area contributed by atoms with Gasteiger partial charge in [0.15, 0.2) is 0 Å². The van der Waals surface area contributed by atoms with E-state index in [1.807, 2.05) is 0 Å². The fourth-order valence-corrected chi connectivity index (χ4v) is 5.82. The van der Waals surface area contributed by atoms with Gasteiger partial charge < -0.3 is 19.9 Å². The van der Waals surface area contributed by atoms with Gasteiger partial charge in [-0.2, -0.15) is 0 Å². The number of aromatic nitrogens is 1. The molecule has 0 radical (unpaired) electrons. The van der Waals surface area contributed by atoms with Gasteiger partial charge in [0.1, 0.15) is 24.3 Å². The number of fused-ring (bicyclic) bond motifs is 1. The highest BCUT2D eigenvalue weighted by Crippen LogP contribution is 2.40. The molecular formula is C29H36F3N3O4. The average molecular weight is 548 g/mol. The van der Waals surface area contributed by atoms with Gasteiger partial charge in [0.05, 0.1) is 12.2 Å². The average Bonchev–Trinajstić information content (AvgIpc) is 3.37. The fourth-order valence-electron chi connectivity index (χ4n) is 5.82. The third-order valence-corrected chi connectivity index (χ3v) is 7.87. The van der Waals surface area contributed by atoms with Gasteiger partial charge in [-0.1, -0.05) is 12.1 Å². The van der Waals surface area contributed by atoms with E-state index in [1.165, 1.54) is 23.8 Å². The maximum atomic E-state index is 14.3. The molecule has 212 valence electrons. The van der Waals surface area contributed by atoms with Crippen LogP contribution in [0.1, 0.15) is 73.1 Å². The molecule has 5 rings (SSSR count). The highest BCUT2D eigenvalue weighted by atomic mass is 19.3. The normalized spacial score (nSPS) is 23.7. The highest BCUT2D eigenvalue weighted by molar-refractivity contribution is 5.76. The van der Waals surface area contributed by atoms with Gasteiger partial charge in [0.2, 0.25) is 0 Å². The Morgan fingerprint density at radius 1 is 1.26 bits per heavy atom. The molecule has 0 saturated carbocycles. The molecule has 7 nitrogen and oxygen atoms in total. The van der Waals surface area contributed by atoms with E-state index in [1.54, 1.807) is 4.90 Å². The van der Waals surface area contributed by atoms with Crippen LogP contribution in [0.4, 0.5) is 19.0 Å². The molecule has 2 aromatic rings. The van der Waals surface area contributed by atoms with Crippen LogP contribution in [-0.4, -0.2) is 65.8 Å². The Morgan fingerprint density at radius 2 is 2.13 bits per heavy atom. The van der Waals surface area contributed by atoms with E-state index in [9.17, 15) is 23.1 Å². The van der Waals surface area contributed by atoms with Gasteiger partial charge in [-0.3, -0.25) is 9.69 Å². The molecule has 1 aromatic carbocycles. The molecule has 39 heavy (non-hydrogen) atoms.